The average Bonchev–Trinajstić information content (AvgIpc) is 3.27. The highest BCUT2D eigenvalue weighted by Gasteiger charge is 2.20. The Hall–Kier alpha value is -4.27. The van der Waals surface area contributed by atoms with Crippen LogP contribution in [0.3, 0.4) is 0 Å². The van der Waals surface area contributed by atoms with Crippen molar-refractivity contribution < 1.29 is 9.90 Å². The van der Waals surface area contributed by atoms with E-state index in [-0.39, 0.29) is 0 Å². The molecule has 160 valence electrons. The number of nitrogens with zero attached hydrogens (tertiary/aromatic N) is 6. The first kappa shape index (κ1) is 19.7. The molecule has 5 aromatic rings. The van der Waals surface area contributed by atoms with Crippen LogP contribution in [0.1, 0.15) is 11.3 Å². The van der Waals surface area contributed by atoms with E-state index in [4.69, 9.17) is 4.98 Å². The van der Waals surface area contributed by atoms with Crippen molar-refractivity contribution in [2.75, 3.05) is 0 Å². The molecule has 0 atom stereocenters. The number of aryl methyl sites for hydroxylation is 3. The van der Waals surface area contributed by atoms with Gasteiger partial charge in [0.25, 0.3) is 0 Å². The molecule has 32 heavy (non-hydrogen) atoms. The third kappa shape index (κ3) is 2.89. The lowest BCUT2D eigenvalue weighted by atomic mass is 10.1. The second kappa shape index (κ2) is 7.16. The number of imidazole rings is 1. The second-order valence-electron chi connectivity index (χ2n) is 7.73. The Bertz CT molecular complexity index is 1590. The highest BCUT2D eigenvalue weighted by atomic mass is 16.4. The molecule has 4 heterocycles. The van der Waals surface area contributed by atoms with Gasteiger partial charge >= 0.3 is 11.7 Å². The molecule has 0 fully saturated rings. The minimum absolute atomic E-state index is 0.412. The summed E-state index contributed by atoms with van der Waals surface area (Å²) in [7, 11) is 1.86. The summed E-state index contributed by atoms with van der Waals surface area (Å²) in [6.45, 7) is 3.32. The van der Waals surface area contributed by atoms with Crippen molar-refractivity contribution in [1.29, 1.82) is 0 Å². The van der Waals surface area contributed by atoms with Gasteiger partial charge in [0, 0.05) is 24.2 Å². The van der Waals surface area contributed by atoms with E-state index in [0.29, 0.717) is 22.4 Å². The lowest BCUT2D eigenvalue weighted by Gasteiger charge is -2.10. The molecule has 0 spiro atoms. The molecule has 0 bridgehead atoms. The molecular weight excluding hydrogens is 408 g/mol. The van der Waals surface area contributed by atoms with Crippen molar-refractivity contribution in [1.82, 2.24) is 28.9 Å². The molecule has 0 aliphatic rings. The van der Waals surface area contributed by atoms with E-state index in [0.717, 1.165) is 27.7 Å². The number of pyridine rings is 2. The van der Waals surface area contributed by atoms with Crippen LogP contribution in [-0.2, 0) is 18.4 Å². The SMILES string of the molecule is Cc1nc(-c2cncc3c2cnn3C)ccc1-n1c(=O)n(CC(=O)O)c2cccc(C)c21. The smallest absolute Gasteiger partial charge is 0.334 e. The summed E-state index contributed by atoms with van der Waals surface area (Å²) in [6, 6.07) is 9.15. The number of hydrogen-bond acceptors (Lipinski definition) is 5. The fraction of sp³-hybridized carbons (Fsp3) is 0.174. The van der Waals surface area contributed by atoms with Crippen molar-refractivity contribution in [2.45, 2.75) is 20.4 Å². The maximum atomic E-state index is 13.3. The standard InChI is InChI=1S/C23H20N6O3/c1-13-5-4-6-19-22(13)29(23(32)28(19)12-21(30)31)18-8-7-17(26-14(18)2)15-9-24-11-20-16(15)10-25-27(20)3/h4-11H,12H2,1-3H3,(H,30,31). The van der Waals surface area contributed by atoms with Crippen molar-refractivity contribution in [3.63, 3.8) is 0 Å². The largest absolute Gasteiger partial charge is 0.480 e. The van der Waals surface area contributed by atoms with Gasteiger partial charge in [-0.3, -0.25) is 28.6 Å². The summed E-state index contributed by atoms with van der Waals surface area (Å²) >= 11 is 0. The predicted molar refractivity (Wildman–Crippen MR) is 120 cm³/mol. The molecule has 0 aliphatic carbocycles. The predicted octanol–water partition coefficient (Wildman–Crippen LogP) is 2.84. The zero-order valence-corrected chi connectivity index (χ0v) is 17.8. The summed E-state index contributed by atoms with van der Waals surface area (Å²) in [6.07, 6.45) is 5.29. The summed E-state index contributed by atoms with van der Waals surface area (Å²) in [5, 5.41) is 14.6. The van der Waals surface area contributed by atoms with Crippen LogP contribution in [0.5, 0.6) is 0 Å². The van der Waals surface area contributed by atoms with Crippen LogP contribution in [-0.4, -0.2) is 40.0 Å². The molecule has 0 unspecified atom stereocenters. The molecule has 1 aromatic carbocycles. The first-order valence-corrected chi connectivity index (χ1v) is 10.0. The van der Waals surface area contributed by atoms with Gasteiger partial charge < -0.3 is 5.11 Å². The number of para-hydroxylation sites is 1. The number of aromatic nitrogens is 6. The van der Waals surface area contributed by atoms with Crippen molar-refractivity contribution in [2.24, 2.45) is 7.05 Å². The number of hydrogen-bond donors (Lipinski definition) is 1. The van der Waals surface area contributed by atoms with Crippen LogP contribution in [0.2, 0.25) is 0 Å². The Morgan fingerprint density at radius 1 is 1.06 bits per heavy atom. The van der Waals surface area contributed by atoms with E-state index in [1.165, 1.54) is 4.57 Å². The van der Waals surface area contributed by atoms with E-state index in [1.807, 2.05) is 45.2 Å². The Labute approximate surface area is 182 Å². The van der Waals surface area contributed by atoms with Gasteiger partial charge in [-0.1, -0.05) is 12.1 Å². The van der Waals surface area contributed by atoms with E-state index in [9.17, 15) is 14.7 Å². The Morgan fingerprint density at radius 2 is 1.88 bits per heavy atom. The molecule has 0 saturated carbocycles. The van der Waals surface area contributed by atoms with E-state index in [2.05, 4.69) is 10.1 Å². The molecule has 9 nitrogen and oxygen atoms in total. The number of fused-ring (bicyclic) bond motifs is 2. The van der Waals surface area contributed by atoms with Crippen LogP contribution >= 0.6 is 0 Å². The van der Waals surface area contributed by atoms with Gasteiger partial charge in [0.2, 0.25) is 0 Å². The molecule has 0 saturated heterocycles. The first-order valence-electron chi connectivity index (χ1n) is 10.0. The van der Waals surface area contributed by atoms with E-state index < -0.39 is 18.2 Å². The van der Waals surface area contributed by atoms with Gasteiger partial charge in [-0.2, -0.15) is 5.10 Å². The number of benzene rings is 1. The van der Waals surface area contributed by atoms with Crippen LogP contribution in [0.15, 0.2) is 53.7 Å². The summed E-state index contributed by atoms with van der Waals surface area (Å²) < 4.78 is 4.58. The number of carboxylic acid groups (broad SMARTS) is 1. The molecule has 0 aliphatic heterocycles. The minimum Gasteiger partial charge on any atom is -0.480 e. The topological polar surface area (TPSA) is 108 Å². The van der Waals surface area contributed by atoms with Crippen LogP contribution < -0.4 is 5.69 Å². The van der Waals surface area contributed by atoms with Gasteiger partial charge in [-0.15, -0.1) is 0 Å². The molecular formula is C23H20N6O3. The van der Waals surface area contributed by atoms with E-state index in [1.54, 1.807) is 33.9 Å². The number of aliphatic carboxylic acids is 1. The summed E-state index contributed by atoms with van der Waals surface area (Å²) in [4.78, 5) is 33.7. The second-order valence-corrected chi connectivity index (χ2v) is 7.73. The maximum absolute atomic E-state index is 13.3. The zero-order valence-electron chi connectivity index (χ0n) is 17.8. The fourth-order valence-corrected chi connectivity index (χ4v) is 4.19. The van der Waals surface area contributed by atoms with Crippen molar-refractivity contribution in [3.8, 4) is 16.9 Å². The highest BCUT2D eigenvalue weighted by molar-refractivity contribution is 5.93. The third-order valence-electron chi connectivity index (χ3n) is 5.70. The molecule has 0 amide bonds. The third-order valence-corrected chi connectivity index (χ3v) is 5.70. The van der Waals surface area contributed by atoms with Gasteiger partial charge in [0.1, 0.15) is 6.54 Å². The van der Waals surface area contributed by atoms with E-state index >= 15 is 0 Å². The van der Waals surface area contributed by atoms with Crippen LogP contribution in [0.25, 0.3) is 38.9 Å². The number of carbonyl (C=O) groups is 1. The quantitative estimate of drug-likeness (QED) is 0.472. The van der Waals surface area contributed by atoms with Crippen molar-refractivity contribution >= 4 is 27.9 Å². The molecule has 1 N–H and O–H groups in total. The molecule has 4 aromatic heterocycles. The molecule has 9 heteroatoms. The maximum Gasteiger partial charge on any atom is 0.334 e. The first-order chi connectivity index (χ1) is 15.4. The van der Waals surface area contributed by atoms with Crippen molar-refractivity contribution in [3.05, 3.63) is 70.7 Å². The lowest BCUT2D eigenvalue weighted by molar-refractivity contribution is -0.137. The minimum atomic E-state index is -1.07. The Morgan fingerprint density at radius 3 is 2.62 bits per heavy atom. The molecule has 5 rings (SSSR count). The normalized spacial score (nSPS) is 11.5. The lowest BCUT2D eigenvalue weighted by Crippen LogP contribution is -2.26. The summed E-state index contributed by atoms with van der Waals surface area (Å²) in [5.41, 5.74) is 5.42. The monoisotopic (exact) mass is 428 g/mol. The summed E-state index contributed by atoms with van der Waals surface area (Å²) in [5.74, 6) is -1.07. The van der Waals surface area contributed by atoms with Gasteiger partial charge in [0.15, 0.2) is 0 Å². The number of rotatable bonds is 4. The Balaban J connectivity index is 1.73. The Kier molecular flexibility index (Phi) is 4.40. The van der Waals surface area contributed by atoms with Gasteiger partial charge in [-0.25, -0.2) is 4.79 Å². The van der Waals surface area contributed by atoms with Gasteiger partial charge in [0.05, 0.1) is 46.0 Å². The fourth-order valence-electron chi connectivity index (χ4n) is 4.19. The van der Waals surface area contributed by atoms with Crippen LogP contribution in [0, 0.1) is 13.8 Å². The van der Waals surface area contributed by atoms with Gasteiger partial charge in [-0.05, 0) is 37.6 Å². The molecule has 0 radical (unpaired) electrons. The number of carboxylic acids is 1. The highest BCUT2D eigenvalue weighted by Crippen LogP contribution is 2.28. The average molecular weight is 428 g/mol. The van der Waals surface area contributed by atoms with Crippen LogP contribution in [0.4, 0.5) is 0 Å². The zero-order chi connectivity index (χ0) is 22.6.